The molecule has 4 atom stereocenters. The number of nitrogens with one attached hydrogen (secondary N) is 1. The maximum absolute atomic E-state index is 14.2. The van der Waals surface area contributed by atoms with Gasteiger partial charge in [-0.15, -0.1) is 29.0 Å². The quantitative estimate of drug-likeness (QED) is 0.0667. The number of ether oxygens (including phenoxy) is 3. The molecule has 3 aromatic heterocycles. The number of aromatic nitrogens is 9. The number of carbonyl (C=O) groups is 2. The Hall–Kier alpha value is -4.72. The van der Waals surface area contributed by atoms with Crippen LogP contribution in [0.4, 0.5) is 17.8 Å². The molecule has 5 rings (SSSR count). The molecule has 3 aromatic rings. The van der Waals surface area contributed by atoms with E-state index in [0.717, 1.165) is 62.8 Å². The van der Waals surface area contributed by atoms with Crippen LogP contribution in [0.1, 0.15) is 89.7 Å². The summed E-state index contributed by atoms with van der Waals surface area (Å²) in [5, 5.41) is 20.9. The third-order valence-electron chi connectivity index (χ3n) is 12.2. The lowest BCUT2D eigenvalue weighted by atomic mass is 9.97. The summed E-state index contributed by atoms with van der Waals surface area (Å²) in [5.41, 5.74) is 13.1. The van der Waals surface area contributed by atoms with E-state index < -0.39 is 12.1 Å². The molecule has 2 fully saturated rings. The van der Waals surface area contributed by atoms with Crippen LogP contribution in [0.2, 0.25) is 0 Å². The average molecular weight is 944 g/mol. The van der Waals surface area contributed by atoms with E-state index in [1.165, 1.54) is 0 Å². The minimum atomic E-state index is -0.449. The van der Waals surface area contributed by atoms with E-state index in [-0.39, 0.29) is 42.7 Å². The summed E-state index contributed by atoms with van der Waals surface area (Å²) in [6.45, 7) is 16.7. The number of hydrogen-bond donors (Lipinski definition) is 3. The minimum absolute atomic E-state index is 0. The van der Waals surface area contributed by atoms with Crippen molar-refractivity contribution < 1.29 is 23.8 Å². The van der Waals surface area contributed by atoms with E-state index in [0.29, 0.717) is 123 Å². The molecule has 22 heteroatoms. The molecule has 2 amide bonds. The van der Waals surface area contributed by atoms with Gasteiger partial charge in [0.25, 0.3) is 0 Å². The van der Waals surface area contributed by atoms with E-state index in [9.17, 15) is 9.59 Å². The fourth-order valence-corrected chi connectivity index (χ4v) is 7.86. The average Bonchev–Trinajstić information content (AvgIpc) is 4.00. The summed E-state index contributed by atoms with van der Waals surface area (Å²) >= 11 is 0. The number of carbonyl (C=O) groups excluding carboxylic acids is 2. The first-order valence-electron chi connectivity index (χ1n) is 23.7. The minimum Gasteiger partial charge on any atom is -0.377 e. The number of rotatable bonds is 29. The predicted octanol–water partition coefficient (Wildman–Crippen LogP) is 2.01. The Morgan fingerprint density at radius 2 is 1.12 bits per heavy atom. The number of amides is 2. The number of nitrogens with two attached hydrogens (primary N) is 2. The van der Waals surface area contributed by atoms with E-state index in [1.54, 1.807) is 9.36 Å². The summed E-state index contributed by atoms with van der Waals surface area (Å²) in [6.07, 6.45) is 15.9. The van der Waals surface area contributed by atoms with Crippen LogP contribution in [-0.4, -0.2) is 178 Å². The molecule has 0 aliphatic carbocycles. The SMILES string of the molecule is C#CCOCCOCCOCCNc1nc(N2CCN(C(=O)[C@H]([C@@H](C)CC)n3cc(CCCCN)nn3)CC2)nc(N2CCN(C(=O)[C@H]([C@@H](C)CC)n3cc(CCCCN)nn3)CC2)n1.Cl. The molecule has 0 aromatic carbocycles. The van der Waals surface area contributed by atoms with Gasteiger partial charge in [0.05, 0.1) is 44.4 Å². The van der Waals surface area contributed by atoms with E-state index >= 15 is 0 Å². The Morgan fingerprint density at radius 1 is 0.682 bits per heavy atom. The summed E-state index contributed by atoms with van der Waals surface area (Å²) < 4.78 is 20.1. The molecule has 368 valence electrons. The molecular weight excluding hydrogens is 868 g/mol. The van der Waals surface area contributed by atoms with Gasteiger partial charge in [0.15, 0.2) is 0 Å². The largest absolute Gasteiger partial charge is 0.377 e. The molecule has 21 nitrogen and oxygen atoms in total. The fourth-order valence-electron chi connectivity index (χ4n) is 7.86. The van der Waals surface area contributed by atoms with Crippen LogP contribution < -0.4 is 26.6 Å². The first kappa shape index (κ1) is 53.9. The molecule has 0 unspecified atom stereocenters. The number of terminal acetylenes is 1. The number of piperazine rings is 2. The van der Waals surface area contributed by atoms with Crippen molar-refractivity contribution in [1.29, 1.82) is 0 Å². The van der Waals surface area contributed by atoms with Crippen molar-refractivity contribution >= 4 is 42.1 Å². The fraction of sp³-hybridized carbons (Fsp3) is 0.750. The van der Waals surface area contributed by atoms with Crippen LogP contribution in [0, 0.1) is 24.2 Å². The Labute approximate surface area is 396 Å². The first-order chi connectivity index (χ1) is 31.7. The Kier molecular flexibility index (Phi) is 23.8. The first-order valence-corrected chi connectivity index (χ1v) is 23.7. The molecule has 2 aliphatic heterocycles. The Bertz CT molecular complexity index is 1780. The highest BCUT2D eigenvalue weighted by Crippen LogP contribution is 2.27. The number of aryl methyl sites for hydroxylation is 2. The van der Waals surface area contributed by atoms with Gasteiger partial charge in [-0.25, -0.2) is 9.36 Å². The lowest BCUT2D eigenvalue weighted by molar-refractivity contribution is -0.137. The van der Waals surface area contributed by atoms with Crippen LogP contribution in [0.5, 0.6) is 0 Å². The van der Waals surface area contributed by atoms with Gasteiger partial charge in [-0.3, -0.25) is 9.59 Å². The molecule has 66 heavy (non-hydrogen) atoms. The molecule has 0 radical (unpaired) electrons. The van der Waals surface area contributed by atoms with Gasteiger partial charge in [-0.2, -0.15) is 15.0 Å². The van der Waals surface area contributed by atoms with Gasteiger partial charge in [0, 0.05) is 71.3 Å². The molecule has 2 aliphatic rings. The summed E-state index contributed by atoms with van der Waals surface area (Å²) in [5.74, 6) is 4.10. The Balaban J connectivity index is 0.00000952. The summed E-state index contributed by atoms with van der Waals surface area (Å²) in [4.78, 5) is 51.1. The molecule has 0 spiro atoms. The van der Waals surface area contributed by atoms with Crippen molar-refractivity contribution in [2.75, 3.05) is 127 Å². The second kappa shape index (κ2) is 29.1. The number of anilines is 3. The zero-order valence-corrected chi connectivity index (χ0v) is 40.5. The third kappa shape index (κ3) is 16.0. The van der Waals surface area contributed by atoms with Crippen LogP contribution in [0.3, 0.4) is 0 Å². The molecule has 5 heterocycles. The van der Waals surface area contributed by atoms with Crippen LogP contribution in [0.25, 0.3) is 0 Å². The van der Waals surface area contributed by atoms with Crippen molar-refractivity contribution in [3.8, 4) is 12.3 Å². The number of unbranched alkanes of at least 4 members (excludes halogenated alkanes) is 2. The van der Waals surface area contributed by atoms with Gasteiger partial charge in [-0.1, -0.05) is 56.9 Å². The van der Waals surface area contributed by atoms with Crippen molar-refractivity contribution in [2.45, 2.75) is 91.1 Å². The normalized spacial score (nSPS) is 16.1. The van der Waals surface area contributed by atoms with E-state index in [4.69, 9.17) is 47.1 Å². The van der Waals surface area contributed by atoms with E-state index in [2.05, 4.69) is 69.4 Å². The maximum atomic E-state index is 14.2. The smallest absolute Gasteiger partial charge is 0.247 e. The number of hydrogen-bond acceptors (Lipinski definition) is 17. The molecule has 2 saturated heterocycles. The summed E-state index contributed by atoms with van der Waals surface area (Å²) in [7, 11) is 0. The predicted molar refractivity (Wildman–Crippen MR) is 255 cm³/mol. The second-order valence-corrected chi connectivity index (χ2v) is 16.8. The standard InChI is InChI=1S/C44H74N16O5.ClH/c1-6-26-63-28-30-65-31-29-64-27-17-47-42-48-43(57-22-18-55(19-23-57)40(61)38(34(4)7-2)59-32-36(51-53-59)13-9-11-15-45)50-44(49-42)58-24-20-56(21-25-58)41(62)39(35(5)8-3)60-33-37(52-54-60)14-10-12-16-46;/h1,32-35,38-39H,7-31,45-46H2,2-5H3,(H,47,48,49,50);1H/t34-,35-,38-,39-;/m0./s1. The van der Waals surface area contributed by atoms with Crippen LogP contribution in [-0.2, 0) is 36.6 Å². The lowest BCUT2D eigenvalue weighted by Crippen LogP contribution is -2.52. The zero-order chi connectivity index (χ0) is 46.4. The highest BCUT2D eigenvalue weighted by Gasteiger charge is 2.36. The Morgan fingerprint density at radius 3 is 1.55 bits per heavy atom. The number of nitrogens with zero attached hydrogens (tertiary/aromatic N) is 13. The molecule has 0 saturated carbocycles. The van der Waals surface area contributed by atoms with Gasteiger partial charge in [0.2, 0.25) is 29.7 Å². The van der Waals surface area contributed by atoms with Crippen molar-refractivity contribution in [1.82, 2.24) is 54.7 Å². The lowest BCUT2D eigenvalue weighted by Gasteiger charge is -2.38. The molecular formula is C44H75ClN16O5. The van der Waals surface area contributed by atoms with Gasteiger partial charge < -0.3 is 50.6 Å². The van der Waals surface area contributed by atoms with E-state index in [1.807, 2.05) is 22.2 Å². The van der Waals surface area contributed by atoms with Crippen molar-refractivity contribution in [3.05, 3.63) is 23.8 Å². The maximum Gasteiger partial charge on any atom is 0.247 e. The van der Waals surface area contributed by atoms with Crippen molar-refractivity contribution in [3.63, 3.8) is 0 Å². The van der Waals surface area contributed by atoms with Crippen LogP contribution in [0.15, 0.2) is 12.4 Å². The van der Waals surface area contributed by atoms with Crippen LogP contribution >= 0.6 is 12.4 Å². The summed E-state index contributed by atoms with van der Waals surface area (Å²) in [6, 6.07) is -0.899. The van der Waals surface area contributed by atoms with Gasteiger partial charge >= 0.3 is 0 Å². The highest BCUT2D eigenvalue weighted by molar-refractivity contribution is 5.85. The van der Waals surface area contributed by atoms with Gasteiger partial charge in [0.1, 0.15) is 18.7 Å². The topological polar surface area (TPSA) is 239 Å². The third-order valence-corrected chi connectivity index (χ3v) is 12.2. The zero-order valence-electron chi connectivity index (χ0n) is 39.6. The second-order valence-electron chi connectivity index (χ2n) is 16.8. The highest BCUT2D eigenvalue weighted by atomic mass is 35.5. The van der Waals surface area contributed by atoms with Gasteiger partial charge in [-0.05, 0) is 63.5 Å². The monoisotopic (exact) mass is 943 g/mol. The molecule has 0 bridgehead atoms. The van der Waals surface area contributed by atoms with Crippen molar-refractivity contribution in [2.24, 2.45) is 23.3 Å². The molecule has 5 N–H and O–H groups in total. The number of halogens is 1.